The molecule has 1 unspecified atom stereocenters. The molecule has 0 aliphatic rings. The van der Waals surface area contributed by atoms with E-state index in [-0.39, 0.29) is 12.1 Å². The van der Waals surface area contributed by atoms with Crippen molar-refractivity contribution in [3.63, 3.8) is 0 Å². The summed E-state index contributed by atoms with van der Waals surface area (Å²) in [5, 5.41) is 13.3. The van der Waals surface area contributed by atoms with Crippen LogP contribution >= 0.6 is 11.3 Å². The molecule has 1 aromatic carbocycles. The Morgan fingerprint density at radius 3 is 2.91 bits per heavy atom. The van der Waals surface area contributed by atoms with Crippen LogP contribution < -0.4 is 5.56 Å². The fourth-order valence-corrected chi connectivity index (χ4v) is 3.02. The second-order valence-corrected chi connectivity index (χ2v) is 6.31. The number of nitrogens with one attached hydrogen (secondary N) is 1. The Balaban J connectivity index is 1.84. The second-order valence-electron chi connectivity index (χ2n) is 5.36. The van der Waals surface area contributed by atoms with E-state index in [1.807, 2.05) is 41.8 Å². The lowest BCUT2D eigenvalue weighted by molar-refractivity contribution is 0.0714. The molecule has 4 nitrogen and oxygen atoms in total. The predicted molar refractivity (Wildman–Crippen MR) is 90.9 cm³/mol. The molecule has 1 atom stereocenters. The maximum Gasteiger partial charge on any atom is 0.257 e. The summed E-state index contributed by atoms with van der Waals surface area (Å²) in [5.41, 5.74) is 0.0861. The van der Waals surface area contributed by atoms with Gasteiger partial charge in [-0.1, -0.05) is 24.3 Å². The maximum atomic E-state index is 12.0. The first kappa shape index (κ1) is 14.7. The highest BCUT2D eigenvalue weighted by Crippen LogP contribution is 2.25. The second kappa shape index (κ2) is 5.87. The number of aromatic nitrogens is 1. The van der Waals surface area contributed by atoms with Crippen LogP contribution in [0.15, 0.2) is 57.6 Å². The number of thiophene rings is 1. The Morgan fingerprint density at radius 1 is 1.32 bits per heavy atom. The van der Waals surface area contributed by atoms with E-state index >= 15 is 0 Å². The van der Waals surface area contributed by atoms with E-state index in [0.717, 1.165) is 15.8 Å². The van der Waals surface area contributed by atoms with Crippen molar-refractivity contribution in [3.8, 4) is 0 Å². The first-order chi connectivity index (χ1) is 10.6. The molecule has 0 fully saturated rings. The predicted octanol–water partition coefficient (Wildman–Crippen LogP) is 2.92. The van der Waals surface area contributed by atoms with E-state index in [0.29, 0.717) is 5.56 Å². The molecule has 0 radical (unpaired) electrons. The third-order valence-corrected chi connectivity index (χ3v) is 4.59. The Bertz CT molecular complexity index is 864. The molecule has 0 bridgehead atoms. The molecule has 0 aliphatic heterocycles. The van der Waals surface area contributed by atoms with Crippen molar-refractivity contribution < 1.29 is 5.11 Å². The lowest BCUT2D eigenvalue weighted by atomic mass is 10.1. The molecular weight excluding hydrogens is 296 g/mol. The monoisotopic (exact) mass is 312 g/mol. The minimum atomic E-state index is -1.02. The summed E-state index contributed by atoms with van der Waals surface area (Å²) in [6.45, 7) is 1.93. The van der Waals surface area contributed by atoms with E-state index in [2.05, 4.69) is 9.98 Å². The minimum absolute atomic E-state index is 0.182. The van der Waals surface area contributed by atoms with Gasteiger partial charge in [-0.3, -0.25) is 9.79 Å². The Hall–Kier alpha value is -2.24. The van der Waals surface area contributed by atoms with Crippen LogP contribution in [0, 0.1) is 0 Å². The van der Waals surface area contributed by atoms with Gasteiger partial charge in [-0.15, -0.1) is 11.3 Å². The third kappa shape index (κ3) is 3.00. The van der Waals surface area contributed by atoms with E-state index in [4.69, 9.17) is 0 Å². The smallest absolute Gasteiger partial charge is 0.257 e. The number of hydrogen-bond donors (Lipinski definition) is 2. The highest BCUT2D eigenvalue weighted by molar-refractivity contribution is 7.10. The third-order valence-electron chi connectivity index (χ3n) is 3.46. The molecule has 0 saturated carbocycles. The summed E-state index contributed by atoms with van der Waals surface area (Å²) in [5.74, 6) is 0. The molecule has 112 valence electrons. The van der Waals surface area contributed by atoms with Gasteiger partial charge in [-0.05, 0) is 35.9 Å². The van der Waals surface area contributed by atoms with Gasteiger partial charge in [0.1, 0.15) is 5.60 Å². The van der Waals surface area contributed by atoms with Gasteiger partial charge in [0.25, 0.3) is 5.56 Å². The highest BCUT2D eigenvalue weighted by Gasteiger charge is 2.23. The molecule has 22 heavy (non-hydrogen) atoms. The van der Waals surface area contributed by atoms with E-state index < -0.39 is 5.60 Å². The van der Waals surface area contributed by atoms with Gasteiger partial charge in [0, 0.05) is 16.6 Å². The zero-order chi connectivity index (χ0) is 15.6. The van der Waals surface area contributed by atoms with Crippen LogP contribution in [0.4, 0.5) is 0 Å². The topological polar surface area (TPSA) is 65.5 Å². The average Bonchev–Trinajstić information content (AvgIpc) is 3.03. The van der Waals surface area contributed by atoms with Crippen molar-refractivity contribution in [3.05, 3.63) is 68.6 Å². The molecule has 2 N–H and O–H groups in total. The summed E-state index contributed by atoms with van der Waals surface area (Å²) in [7, 11) is 0. The lowest BCUT2D eigenvalue weighted by Crippen LogP contribution is -2.24. The van der Waals surface area contributed by atoms with E-state index in [1.165, 1.54) is 17.6 Å². The summed E-state index contributed by atoms with van der Waals surface area (Å²) < 4.78 is 0. The quantitative estimate of drug-likeness (QED) is 0.728. The summed E-state index contributed by atoms with van der Waals surface area (Å²) in [6, 6.07) is 13.2. The number of fused-ring (bicyclic) bond motifs is 1. The largest absolute Gasteiger partial charge is 0.383 e. The van der Waals surface area contributed by atoms with Crippen molar-refractivity contribution in [2.24, 2.45) is 4.99 Å². The Morgan fingerprint density at radius 2 is 2.14 bits per heavy atom. The van der Waals surface area contributed by atoms with E-state index in [1.54, 1.807) is 13.0 Å². The van der Waals surface area contributed by atoms with Crippen molar-refractivity contribution in [1.82, 2.24) is 4.98 Å². The number of aromatic amines is 1. The first-order valence-electron chi connectivity index (χ1n) is 6.94. The van der Waals surface area contributed by atoms with E-state index in [9.17, 15) is 9.90 Å². The molecule has 5 heteroatoms. The van der Waals surface area contributed by atoms with Gasteiger partial charge in [-0.25, -0.2) is 0 Å². The zero-order valence-corrected chi connectivity index (χ0v) is 12.9. The van der Waals surface area contributed by atoms with Crippen molar-refractivity contribution in [2.45, 2.75) is 12.5 Å². The summed E-state index contributed by atoms with van der Waals surface area (Å²) in [6.07, 6.45) is 1.52. The molecule has 3 aromatic rings. The Kier molecular flexibility index (Phi) is 3.92. The highest BCUT2D eigenvalue weighted by atomic mass is 32.1. The number of aliphatic imine (C=N–C) groups is 1. The van der Waals surface area contributed by atoms with Crippen LogP contribution in [0.25, 0.3) is 10.9 Å². The van der Waals surface area contributed by atoms with Gasteiger partial charge in [0.15, 0.2) is 0 Å². The molecule has 2 heterocycles. The number of benzene rings is 1. The van der Waals surface area contributed by atoms with Crippen LogP contribution in [0.2, 0.25) is 0 Å². The Labute approximate surface area is 131 Å². The molecule has 0 saturated heterocycles. The molecule has 0 aliphatic carbocycles. The van der Waals surface area contributed by atoms with Crippen molar-refractivity contribution >= 4 is 28.5 Å². The standard InChI is InChI=1S/C17H16N2O2S/c1-17(21,15-7-4-8-22-15)11-18-10-13-9-12-5-2-3-6-14(12)19-16(13)20/h2-10,21H,11H2,1H3,(H,19,20). The van der Waals surface area contributed by atoms with Crippen LogP contribution in [0.1, 0.15) is 17.4 Å². The maximum absolute atomic E-state index is 12.0. The number of para-hydroxylation sites is 1. The van der Waals surface area contributed by atoms with Gasteiger partial charge in [-0.2, -0.15) is 0 Å². The molecular formula is C17H16N2O2S. The van der Waals surface area contributed by atoms with Crippen LogP contribution in [-0.2, 0) is 5.60 Å². The van der Waals surface area contributed by atoms with Gasteiger partial charge in [0.2, 0.25) is 0 Å². The summed E-state index contributed by atoms with van der Waals surface area (Å²) >= 11 is 1.49. The van der Waals surface area contributed by atoms with Crippen LogP contribution in [0.3, 0.4) is 0 Å². The number of rotatable bonds is 4. The summed E-state index contributed by atoms with van der Waals surface area (Å²) in [4.78, 5) is 19.9. The molecule has 2 aromatic heterocycles. The van der Waals surface area contributed by atoms with Gasteiger partial charge >= 0.3 is 0 Å². The first-order valence-corrected chi connectivity index (χ1v) is 7.82. The fourth-order valence-electron chi connectivity index (χ4n) is 2.24. The molecule has 3 rings (SSSR count). The van der Waals surface area contributed by atoms with Crippen molar-refractivity contribution in [2.75, 3.05) is 6.54 Å². The van der Waals surface area contributed by atoms with Crippen molar-refractivity contribution in [1.29, 1.82) is 0 Å². The lowest BCUT2D eigenvalue weighted by Gasteiger charge is -2.18. The number of nitrogens with zero attached hydrogens (tertiary/aromatic N) is 1. The van der Waals surface area contributed by atoms with Crippen LogP contribution in [-0.4, -0.2) is 22.8 Å². The SMILES string of the molecule is CC(O)(CN=Cc1cc2ccccc2[nH]c1=O)c1cccs1. The van der Waals surface area contributed by atoms with Gasteiger partial charge in [0.05, 0.1) is 12.1 Å². The van der Waals surface area contributed by atoms with Gasteiger partial charge < -0.3 is 10.1 Å². The normalized spacial score (nSPS) is 14.5. The molecule has 0 spiro atoms. The average molecular weight is 312 g/mol. The number of H-pyrrole nitrogens is 1. The zero-order valence-electron chi connectivity index (χ0n) is 12.1. The molecule has 0 amide bonds. The number of pyridine rings is 1. The number of aliphatic hydroxyl groups is 1. The van der Waals surface area contributed by atoms with Crippen LogP contribution in [0.5, 0.6) is 0 Å². The minimum Gasteiger partial charge on any atom is -0.383 e. The number of hydrogen-bond acceptors (Lipinski definition) is 4. The fraction of sp³-hybridized carbons (Fsp3) is 0.176.